The lowest BCUT2D eigenvalue weighted by Crippen LogP contribution is -2.50. The molecule has 1 atom stereocenters. The van der Waals surface area contributed by atoms with Crippen LogP contribution in [0.15, 0.2) is 10.9 Å². The molecule has 3 N–H and O–H groups in total. The van der Waals surface area contributed by atoms with E-state index >= 15 is 0 Å². The van der Waals surface area contributed by atoms with E-state index in [1.807, 2.05) is 13.8 Å². The summed E-state index contributed by atoms with van der Waals surface area (Å²) in [5.74, 6) is 1.59. The van der Waals surface area contributed by atoms with Gasteiger partial charge in [-0.25, -0.2) is 4.98 Å². The number of H-pyrrole nitrogens is 1. The van der Waals surface area contributed by atoms with Crippen molar-refractivity contribution in [3.63, 3.8) is 0 Å². The predicted octanol–water partition coefficient (Wildman–Crippen LogP) is 0.0572. The summed E-state index contributed by atoms with van der Waals surface area (Å²) in [4.78, 5) is 21.0. The Morgan fingerprint density at radius 2 is 2.44 bits per heavy atom. The highest BCUT2D eigenvalue weighted by atomic mass is 16.5. The number of nitrogens with zero attached hydrogens (tertiary/aromatic N) is 2. The lowest BCUT2D eigenvalue weighted by Gasteiger charge is -2.35. The number of morpholine rings is 1. The number of ether oxygens (including phenoxy) is 1. The van der Waals surface area contributed by atoms with Crippen LogP contribution in [0.5, 0.6) is 0 Å². The third kappa shape index (κ3) is 2.70. The minimum absolute atomic E-state index is 0.0908. The van der Waals surface area contributed by atoms with Crippen molar-refractivity contribution in [2.75, 3.05) is 31.2 Å². The first-order chi connectivity index (χ1) is 8.61. The largest absolute Gasteiger partial charge is 0.377 e. The van der Waals surface area contributed by atoms with Crippen LogP contribution in [0.25, 0.3) is 0 Å². The first-order valence-electron chi connectivity index (χ1n) is 6.27. The Hall–Kier alpha value is -1.40. The van der Waals surface area contributed by atoms with E-state index in [-0.39, 0.29) is 17.5 Å². The van der Waals surface area contributed by atoms with Gasteiger partial charge in [-0.05, 0) is 0 Å². The van der Waals surface area contributed by atoms with Gasteiger partial charge in [-0.1, -0.05) is 13.8 Å². The molecule has 1 aromatic heterocycles. The second kappa shape index (κ2) is 5.49. The lowest BCUT2D eigenvalue weighted by molar-refractivity contribution is 0.0958. The quantitative estimate of drug-likeness (QED) is 0.794. The molecule has 0 aromatic carbocycles. The van der Waals surface area contributed by atoms with E-state index < -0.39 is 0 Å². The van der Waals surface area contributed by atoms with Crippen LogP contribution in [-0.4, -0.2) is 42.3 Å². The Labute approximate surface area is 106 Å². The Kier molecular flexibility index (Phi) is 3.98. The second-order valence-corrected chi connectivity index (χ2v) is 4.80. The van der Waals surface area contributed by atoms with Gasteiger partial charge < -0.3 is 20.4 Å². The van der Waals surface area contributed by atoms with Crippen LogP contribution in [0.2, 0.25) is 0 Å². The molecule has 1 aliphatic rings. The van der Waals surface area contributed by atoms with Crippen LogP contribution in [0.3, 0.4) is 0 Å². The Balaban J connectivity index is 2.33. The average molecular weight is 252 g/mol. The van der Waals surface area contributed by atoms with Crippen molar-refractivity contribution in [3.05, 3.63) is 22.2 Å². The molecule has 0 radical (unpaired) electrons. The van der Waals surface area contributed by atoms with Gasteiger partial charge in [0.25, 0.3) is 5.56 Å². The van der Waals surface area contributed by atoms with Gasteiger partial charge in [0.1, 0.15) is 11.6 Å². The molecule has 0 amide bonds. The van der Waals surface area contributed by atoms with E-state index in [9.17, 15) is 4.79 Å². The number of hydrogen-bond acceptors (Lipinski definition) is 5. The Bertz CT molecular complexity index is 458. The first kappa shape index (κ1) is 13.0. The maximum absolute atomic E-state index is 11.7. The van der Waals surface area contributed by atoms with Gasteiger partial charge >= 0.3 is 0 Å². The van der Waals surface area contributed by atoms with E-state index in [1.54, 1.807) is 0 Å². The maximum Gasteiger partial charge on any atom is 0.252 e. The molecule has 18 heavy (non-hydrogen) atoms. The van der Waals surface area contributed by atoms with Crippen molar-refractivity contribution < 1.29 is 4.74 Å². The van der Waals surface area contributed by atoms with Crippen LogP contribution in [0, 0.1) is 0 Å². The van der Waals surface area contributed by atoms with Crippen LogP contribution in [0.1, 0.15) is 25.6 Å². The van der Waals surface area contributed by atoms with Gasteiger partial charge in [-0.3, -0.25) is 4.79 Å². The van der Waals surface area contributed by atoms with E-state index in [0.717, 1.165) is 6.54 Å². The Morgan fingerprint density at radius 1 is 1.67 bits per heavy atom. The molecule has 1 aliphatic heterocycles. The van der Waals surface area contributed by atoms with Gasteiger partial charge in [0.2, 0.25) is 0 Å². The molecule has 1 unspecified atom stereocenters. The van der Waals surface area contributed by atoms with Crippen LogP contribution >= 0.6 is 0 Å². The fraction of sp³-hybridized carbons (Fsp3) is 0.667. The van der Waals surface area contributed by atoms with Gasteiger partial charge in [0.05, 0.1) is 19.3 Å². The normalized spacial score (nSPS) is 20.4. The smallest absolute Gasteiger partial charge is 0.252 e. The molecule has 2 rings (SSSR count). The van der Waals surface area contributed by atoms with Gasteiger partial charge in [0.15, 0.2) is 0 Å². The SMILES string of the molecule is CC(C)c1nc(N2CCOCC2CN)cc(=O)[nH]1. The van der Waals surface area contributed by atoms with E-state index in [4.69, 9.17) is 10.5 Å². The summed E-state index contributed by atoms with van der Waals surface area (Å²) in [5, 5.41) is 0. The zero-order chi connectivity index (χ0) is 13.1. The number of rotatable bonds is 3. The summed E-state index contributed by atoms with van der Waals surface area (Å²) in [6.07, 6.45) is 0. The van der Waals surface area contributed by atoms with Crippen LogP contribution in [-0.2, 0) is 4.74 Å². The molecule has 1 aromatic rings. The van der Waals surface area contributed by atoms with Gasteiger partial charge in [-0.2, -0.15) is 0 Å². The fourth-order valence-corrected chi connectivity index (χ4v) is 2.04. The number of aromatic amines is 1. The Morgan fingerprint density at radius 3 is 3.11 bits per heavy atom. The summed E-state index contributed by atoms with van der Waals surface area (Å²) in [6, 6.07) is 1.62. The monoisotopic (exact) mass is 252 g/mol. The van der Waals surface area contributed by atoms with Crippen molar-refractivity contribution in [2.24, 2.45) is 5.73 Å². The minimum Gasteiger partial charge on any atom is -0.377 e. The first-order valence-corrected chi connectivity index (χ1v) is 6.27. The molecule has 0 aliphatic carbocycles. The van der Waals surface area contributed by atoms with E-state index in [1.165, 1.54) is 6.07 Å². The molecule has 0 bridgehead atoms. The molecule has 0 saturated carbocycles. The number of anilines is 1. The van der Waals surface area contributed by atoms with Gasteiger partial charge in [0, 0.05) is 25.1 Å². The standard InChI is InChI=1S/C12H20N4O2/c1-8(2)12-14-10(5-11(17)15-12)16-3-4-18-7-9(16)6-13/h5,8-9H,3-4,6-7,13H2,1-2H3,(H,14,15,17). The summed E-state index contributed by atoms with van der Waals surface area (Å²) >= 11 is 0. The van der Waals surface area contributed by atoms with Crippen molar-refractivity contribution in [2.45, 2.75) is 25.8 Å². The number of nitrogens with one attached hydrogen (secondary N) is 1. The van der Waals surface area contributed by atoms with Crippen LogP contribution < -0.4 is 16.2 Å². The average Bonchev–Trinajstić information content (AvgIpc) is 2.38. The van der Waals surface area contributed by atoms with E-state index in [2.05, 4.69) is 14.9 Å². The number of nitrogens with two attached hydrogens (primary N) is 1. The van der Waals surface area contributed by atoms with Crippen molar-refractivity contribution in [1.82, 2.24) is 9.97 Å². The zero-order valence-corrected chi connectivity index (χ0v) is 10.8. The van der Waals surface area contributed by atoms with Crippen LogP contribution in [0.4, 0.5) is 5.82 Å². The van der Waals surface area contributed by atoms with E-state index in [0.29, 0.717) is 31.4 Å². The number of hydrogen-bond donors (Lipinski definition) is 2. The molecule has 6 nitrogen and oxygen atoms in total. The van der Waals surface area contributed by atoms with Crippen molar-refractivity contribution in [3.8, 4) is 0 Å². The molecule has 6 heteroatoms. The fourth-order valence-electron chi connectivity index (χ4n) is 2.04. The summed E-state index contributed by atoms with van der Waals surface area (Å²) in [6.45, 7) is 6.44. The summed E-state index contributed by atoms with van der Waals surface area (Å²) in [5.41, 5.74) is 5.61. The topological polar surface area (TPSA) is 84.2 Å². The predicted molar refractivity (Wildman–Crippen MR) is 70.0 cm³/mol. The molecule has 100 valence electrons. The molecule has 1 saturated heterocycles. The molecular weight excluding hydrogens is 232 g/mol. The highest BCUT2D eigenvalue weighted by molar-refractivity contribution is 5.40. The number of aromatic nitrogens is 2. The van der Waals surface area contributed by atoms with Crippen molar-refractivity contribution in [1.29, 1.82) is 0 Å². The third-order valence-electron chi connectivity index (χ3n) is 3.09. The molecule has 1 fully saturated rings. The third-order valence-corrected chi connectivity index (χ3v) is 3.09. The summed E-state index contributed by atoms with van der Waals surface area (Å²) < 4.78 is 5.40. The zero-order valence-electron chi connectivity index (χ0n) is 10.8. The molecule has 2 heterocycles. The second-order valence-electron chi connectivity index (χ2n) is 4.80. The highest BCUT2D eigenvalue weighted by Crippen LogP contribution is 2.17. The molecular formula is C12H20N4O2. The summed E-state index contributed by atoms with van der Waals surface area (Å²) in [7, 11) is 0. The lowest BCUT2D eigenvalue weighted by atomic mass is 10.2. The maximum atomic E-state index is 11.7. The van der Waals surface area contributed by atoms with Gasteiger partial charge in [-0.15, -0.1) is 0 Å². The highest BCUT2D eigenvalue weighted by Gasteiger charge is 2.23. The van der Waals surface area contributed by atoms with Crippen molar-refractivity contribution >= 4 is 5.82 Å². The minimum atomic E-state index is -0.119. The molecule has 0 spiro atoms.